The van der Waals surface area contributed by atoms with Gasteiger partial charge >= 0.3 is 0 Å². The molecule has 7 heteroatoms. The molecule has 0 aliphatic carbocycles. The summed E-state index contributed by atoms with van der Waals surface area (Å²) >= 11 is 0.872. The zero-order chi connectivity index (χ0) is 22.2. The highest BCUT2D eigenvalue weighted by atomic mass is 32.2. The number of para-hydroxylation sites is 1. The molecular weight excluding hydrogens is 412 g/mol. The summed E-state index contributed by atoms with van der Waals surface area (Å²) in [5.74, 6) is 0.429. The second-order valence-electron chi connectivity index (χ2n) is 8.67. The van der Waals surface area contributed by atoms with Gasteiger partial charge in [0.1, 0.15) is 11.9 Å². The van der Waals surface area contributed by atoms with Crippen LogP contribution in [0.25, 0.3) is 6.08 Å². The highest BCUT2D eigenvalue weighted by Crippen LogP contribution is 2.32. The number of amides is 3. The first-order chi connectivity index (χ1) is 14.7. The van der Waals surface area contributed by atoms with Gasteiger partial charge in [0.15, 0.2) is 0 Å². The second kappa shape index (κ2) is 8.23. The summed E-state index contributed by atoms with van der Waals surface area (Å²) in [7, 11) is 0. The predicted octanol–water partition coefficient (Wildman–Crippen LogP) is 4.21. The lowest BCUT2D eigenvalue weighted by Crippen LogP contribution is -2.56. The van der Waals surface area contributed by atoms with Crippen LogP contribution in [0.2, 0.25) is 0 Å². The van der Waals surface area contributed by atoms with Crippen molar-refractivity contribution in [2.75, 3.05) is 13.1 Å². The number of imide groups is 1. The molecule has 0 atom stereocenters. The van der Waals surface area contributed by atoms with Gasteiger partial charge in [-0.3, -0.25) is 19.7 Å². The molecule has 2 heterocycles. The number of likely N-dealkylation sites (tertiary alicyclic amines) is 1. The maximum atomic E-state index is 12.7. The molecule has 2 aromatic rings. The Kier molecular flexibility index (Phi) is 5.62. The molecule has 31 heavy (non-hydrogen) atoms. The van der Waals surface area contributed by atoms with Crippen molar-refractivity contribution in [3.05, 3.63) is 70.1 Å². The molecule has 2 aliphatic heterocycles. The number of carbonyl (C=O) groups excluding carboxylic acids is 3. The SMILES string of the molecule is CC(C)(C)c1ccccc1OC1CN(C(=O)c2ccc(C=C3SC(=O)NC3=O)cc2)C1. The molecule has 2 aromatic carbocycles. The number of ether oxygens (including phenoxy) is 1. The number of hydrogen-bond donors (Lipinski definition) is 1. The molecule has 0 aromatic heterocycles. The largest absolute Gasteiger partial charge is 0.486 e. The average molecular weight is 437 g/mol. The molecule has 6 nitrogen and oxygen atoms in total. The van der Waals surface area contributed by atoms with E-state index in [1.807, 2.05) is 18.2 Å². The standard InChI is InChI=1S/C24H24N2O4S/c1-24(2,3)18-6-4-5-7-19(18)30-17-13-26(14-17)22(28)16-10-8-15(9-11-16)12-20-21(27)25-23(29)31-20/h4-12,17H,13-14H2,1-3H3,(H,25,27,29). The first-order valence-corrected chi connectivity index (χ1v) is 10.9. The van der Waals surface area contributed by atoms with E-state index in [0.717, 1.165) is 28.6 Å². The zero-order valence-electron chi connectivity index (χ0n) is 17.7. The Hall–Kier alpha value is -3.06. The maximum absolute atomic E-state index is 12.7. The summed E-state index contributed by atoms with van der Waals surface area (Å²) in [5.41, 5.74) is 2.47. The van der Waals surface area contributed by atoms with Crippen molar-refractivity contribution in [1.82, 2.24) is 10.2 Å². The summed E-state index contributed by atoms with van der Waals surface area (Å²) in [6, 6.07) is 15.0. The van der Waals surface area contributed by atoms with Gasteiger partial charge in [0, 0.05) is 5.56 Å². The Balaban J connectivity index is 1.36. The number of rotatable bonds is 4. The van der Waals surface area contributed by atoms with E-state index < -0.39 is 5.91 Å². The topological polar surface area (TPSA) is 75.7 Å². The van der Waals surface area contributed by atoms with Crippen LogP contribution >= 0.6 is 11.8 Å². The fourth-order valence-corrected chi connectivity index (χ4v) is 4.21. The van der Waals surface area contributed by atoms with Gasteiger partial charge in [0.2, 0.25) is 0 Å². The van der Waals surface area contributed by atoms with Crippen molar-refractivity contribution < 1.29 is 19.1 Å². The second-order valence-corrected chi connectivity index (χ2v) is 9.69. The normalized spacial score (nSPS) is 18.2. The number of hydrogen-bond acceptors (Lipinski definition) is 5. The molecule has 2 fully saturated rings. The van der Waals surface area contributed by atoms with Crippen LogP contribution in [0.3, 0.4) is 0 Å². The minimum atomic E-state index is -0.394. The molecular formula is C24H24N2O4S. The monoisotopic (exact) mass is 436 g/mol. The Morgan fingerprint density at radius 3 is 2.39 bits per heavy atom. The van der Waals surface area contributed by atoms with E-state index >= 15 is 0 Å². The smallest absolute Gasteiger partial charge is 0.290 e. The summed E-state index contributed by atoms with van der Waals surface area (Å²) in [6.07, 6.45) is 1.62. The molecule has 3 amide bonds. The van der Waals surface area contributed by atoms with Crippen molar-refractivity contribution in [1.29, 1.82) is 0 Å². The van der Waals surface area contributed by atoms with E-state index in [1.54, 1.807) is 35.2 Å². The number of thioether (sulfide) groups is 1. The zero-order valence-corrected chi connectivity index (χ0v) is 18.5. The van der Waals surface area contributed by atoms with Crippen LogP contribution in [0, 0.1) is 0 Å². The highest BCUT2D eigenvalue weighted by Gasteiger charge is 2.34. The van der Waals surface area contributed by atoms with E-state index in [9.17, 15) is 14.4 Å². The fourth-order valence-electron chi connectivity index (χ4n) is 3.52. The Morgan fingerprint density at radius 1 is 1.10 bits per heavy atom. The third kappa shape index (κ3) is 4.66. The van der Waals surface area contributed by atoms with E-state index in [1.165, 1.54) is 0 Å². The van der Waals surface area contributed by atoms with Crippen molar-refractivity contribution >= 4 is 34.9 Å². The number of benzene rings is 2. The molecule has 0 saturated carbocycles. The molecule has 2 aliphatic rings. The molecule has 0 radical (unpaired) electrons. The summed E-state index contributed by atoms with van der Waals surface area (Å²) in [6.45, 7) is 7.55. The number of nitrogens with one attached hydrogen (secondary N) is 1. The molecule has 0 unspecified atom stereocenters. The Bertz CT molecular complexity index is 1060. The lowest BCUT2D eigenvalue weighted by atomic mass is 9.86. The molecule has 2 saturated heterocycles. The van der Waals surface area contributed by atoms with Gasteiger partial charge in [-0.15, -0.1) is 0 Å². The summed E-state index contributed by atoms with van der Waals surface area (Å²) in [4.78, 5) is 37.7. The van der Waals surface area contributed by atoms with E-state index in [-0.39, 0.29) is 22.7 Å². The van der Waals surface area contributed by atoms with Crippen LogP contribution in [-0.4, -0.2) is 41.1 Å². The lowest BCUT2D eigenvalue weighted by molar-refractivity contribution is -0.115. The van der Waals surface area contributed by atoms with Crippen LogP contribution in [-0.2, 0) is 10.2 Å². The molecule has 0 spiro atoms. The predicted molar refractivity (Wildman–Crippen MR) is 121 cm³/mol. The highest BCUT2D eigenvalue weighted by molar-refractivity contribution is 8.18. The van der Waals surface area contributed by atoms with Gasteiger partial charge < -0.3 is 9.64 Å². The molecule has 1 N–H and O–H groups in total. The van der Waals surface area contributed by atoms with Crippen LogP contribution in [0.5, 0.6) is 5.75 Å². The number of nitrogens with zero attached hydrogens (tertiary/aromatic N) is 1. The van der Waals surface area contributed by atoms with Gasteiger partial charge in [0.25, 0.3) is 17.1 Å². The minimum Gasteiger partial charge on any atom is -0.486 e. The van der Waals surface area contributed by atoms with E-state index in [4.69, 9.17) is 4.74 Å². The van der Waals surface area contributed by atoms with Crippen LogP contribution in [0.15, 0.2) is 53.4 Å². The van der Waals surface area contributed by atoms with Crippen LogP contribution in [0.1, 0.15) is 42.3 Å². The quantitative estimate of drug-likeness (QED) is 0.727. The molecule has 0 bridgehead atoms. The van der Waals surface area contributed by atoms with Gasteiger partial charge in [-0.1, -0.05) is 51.1 Å². The van der Waals surface area contributed by atoms with Crippen LogP contribution in [0.4, 0.5) is 4.79 Å². The summed E-state index contributed by atoms with van der Waals surface area (Å²) in [5, 5.41) is 1.85. The maximum Gasteiger partial charge on any atom is 0.290 e. The third-order valence-corrected chi connectivity index (χ3v) is 6.03. The van der Waals surface area contributed by atoms with Crippen molar-refractivity contribution in [3.8, 4) is 5.75 Å². The van der Waals surface area contributed by atoms with Gasteiger partial charge in [0.05, 0.1) is 18.0 Å². The van der Waals surface area contributed by atoms with Crippen molar-refractivity contribution in [2.45, 2.75) is 32.3 Å². The summed E-state index contributed by atoms with van der Waals surface area (Å²) < 4.78 is 6.17. The first-order valence-electron chi connectivity index (χ1n) is 10.1. The first kappa shape index (κ1) is 21.2. The van der Waals surface area contributed by atoms with Crippen molar-refractivity contribution in [2.24, 2.45) is 0 Å². The lowest BCUT2D eigenvalue weighted by Gasteiger charge is -2.39. The Morgan fingerprint density at radius 2 is 1.77 bits per heavy atom. The van der Waals surface area contributed by atoms with Gasteiger partial charge in [-0.05, 0) is 52.6 Å². The van der Waals surface area contributed by atoms with Gasteiger partial charge in [-0.2, -0.15) is 0 Å². The number of carbonyl (C=O) groups is 3. The van der Waals surface area contributed by atoms with E-state index in [2.05, 4.69) is 32.2 Å². The molecule has 160 valence electrons. The van der Waals surface area contributed by atoms with Gasteiger partial charge in [-0.25, -0.2) is 0 Å². The third-order valence-electron chi connectivity index (χ3n) is 5.22. The average Bonchev–Trinajstić information content (AvgIpc) is 3.01. The molecule has 4 rings (SSSR count). The Labute approximate surface area is 185 Å². The fraction of sp³-hybridized carbons (Fsp3) is 0.292. The minimum absolute atomic E-state index is 0.0160. The van der Waals surface area contributed by atoms with E-state index in [0.29, 0.717) is 23.6 Å². The van der Waals surface area contributed by atoms with Crippen LogP contribution < -0.4 is 10.1 Å². The van der Waals surface area contributed by atoms with Crippen molar-refractivity contribution in [3.63, 3.8) is 0 Å².